The zero-order chi connectivity index (χ0) is 7.70. The second kappa shape index (κ2) is 16.0. The molecular formula is C8H20ClN. The van der Waals surface area contributed by atoms with E-state index in [1.165, 1.54) is 0 Å². The Hall–Kier alpha value is -0.0100. The Balaban J connectivity index is -0.0000000910. The van der Waals surface area contributed by atoms with E-state index in [1.54, 1.807) is 0 Å². The molecule has 0 unspecified atom stereocenters. The van der Waals surface area contributed by atoms with E-state index in [0.717, 1.165) is 13.0 Å². The molecule has 0 radical (unpaired) electrons. The van der Waals surface area contributed by atoms with Gasteiger partial charge in [0.2, 0.25) is 0 Å². The predicted octanol–water partition coefficient (Wildman–Crippen LogP) is 2.57. The second-order valence-corrected chi connectivity index (χ2v) is 2.09. The molecule has 0 bridgehead atoms. The van der Waals surface area contributed by atoms with Gasteiger partial charge in [-0.05, 0) is 27.1 Å². The largest absolute Gasteiger partial charge is 0.310 e. The lowest BCUT2D eigenvalue weighted by Gasteiger charge is -2.00. The van der Waals surface area contributed by atoms with Gasteiger partial charge in [0, 0.05) is 0 Å². The van der Waals surface area contributed by atoms with Crippen molar-refractivity contribution in [3.8, 4) is 0 Å². The SMILES string of the molecule is C=CCC.CCN(C)C.Cl. The van der Waals surface area contributed by atoms with Crippen molar-refractivity contribution in [2.75, 3.05) is 20.6 Å². The molecule has 10 heavy (non-hydrogen) atoms. The number of allylic oxidation sites excluding steroid dienone is 1. The highest BCUT2D eigenvalue weighted by molar-refractivity contribution is 5.85. The van der Waals surface area contributed by atoms with E-state index in [2.05, 4.69) is 39.4 Å². The van der Waals surface area contributed by atoms with Gasteiger partial charge in [-0.15, -0.1) is 19.0 Å². The molecule has 0 spiro atoms. The van der Waals surface area contributed by atoms with E-state index in [1.807, 2.05) is 6.08 Å². The molecule has 0 aromatic rings. The molecule has 0 fully saturated rings. The number of nitrogens with zero attached hydrogens (tertiary/aromatic N) is 1. The van der Waals surface area contributed by atoms with Gasteiger partial charge < -0.3 is 4.90 Å². The lowest BCUT2D eigenvalue weighted by molar-refractivity contribution is 0.434. The van der Waals surface area contributed by atoms with Gasteiger partial charge in [-0.25, -0.2) is 0 Å². The van der Waals surface area contributed by atoms with Gasteiger partial charge in [0.15, 0.2) is 0 Å². The maximum Gasteiger partial charge on any atom is -0.00533 e. The van der Waals surface area contributed by atoms with Crippen molar-refractivity contribution in [1.82, 2.24) is 4.90 Å². The Bertz CT molecular complexity index is 53.2. The third kappa shape index (κ3) is 43.7. The maximum absolute atomic E-state index is 3.48. The minimum Gasteiger partial charge on any atom is -0.310 e. The summed E-state index contributed by atoms with van der Waals surface area (Å²) in [6.45, 7) is 8.81. The molecule has 0 aliphatic heterocycles. The third-order valence-electron chi connectivity index (χ3n) is 0.921. The van der Waals surface area contributed by atoms with Gasteiger partial charge in [0.05, 0.1) is 0 Å². The summed E-state index contributed by atoms with van der Waals surface area (Å²) in [6, 6.07) is 0. The van der Waals surface area contributed by atoms with Crippen LogP contribution >= 0.6 is 12.4 Å². The Morgan fingerprint density at radius 2 is 1.50 bits per heavy atom. The fraction of sp³-hybridized carbons (Fsp3) is 0.750. The number of rotatable bonds is 2. The molecule has 0 saturated heterocycles. The van der Waals surface area contributed by atoms with E-state index >= 15 is 0 Å². The fourth-order valence-corrected chi connectivity index (χ4v) is 0. The van der Waals surface area contributed by atoms with Crippen molar-refractivity contribution < 1.29 is 0 Å². The fourth-order valence-electron chi connectivity index (χ4n) is 0. The van der Waals surface area contributed by atoms with E-state index in [0.29, 0.717) is 0 Å². The molecule has 2 heteroatoms. The average Bonchev–Trinajstić information content (AvgIpc) is 1.89. The van der Waals surface area contributed by atoms with Crippen molar-refractivity contribution in [3.05, 3.63) is 12.7 Å². The molecule has 0 aromatic heterocycles. The highest BCUT2D eigenvalue weighted by Crippen LogP contribution is 1.66. The highest BCUT2D eigenvalue weighted by atomic mass is 35.5. The van der Waals surface area contributed by atoms with Crippen LogP contribution in [-0.2, 0) is 0 Å². The summed E-state index contributed by atoms with van der Waals surface area (Å²) in [6.07, 6.45) is 2.96. The zero-order valence-electron chi connectivity index (χ0n) is 7.55. The van der Waals surface area contributed by atoms with Crippen molar-refractivity contribution in [2.45, 2.75) is 20.3 Å². The molecule has 0 aliphatic carbocycles. The van der Waals surface area contributed by atoms with Crippen LogP contribution in [0.3, 0.4) is 0 Å². The summed E-state index contributed by atoms with van der Waals surface area (Å²) in [5.41, 5.74) is 0. The topological polar surface area (TPSA) is 3.24 Å². The summed E-state index contributed by atoms with van der Waals surface area (Å²) in [7, 11) is 4.11. The summed E-state index contributed by atoms with van der Waals surface area (Å²) in [4.78, 5) is 2.12. The van der Waals surface area contributed by atoms with Gasteiger partial charge in [0.25, 0.3) is 0 Å². The van der Waals surface area contributed by atoms with Crippen LogP contribution in [0.4, 0.5) is 0 Å². The van der Waals surface area contributed by atoms with E-state index in [-0.39, 0.29) is 12.4 Å². The predicted molar refractivity (Wildman–Crippen MR) is 52.0 cm³/mol. The van der Waals surface area contributed by atoms with Gasteiger partial charge >= 0.3 is 0 Å². The molecule has 0 amide bonds. The number of hydrogen-bond acceptors (Lipinski definition) is 1. The first-order valence-corrected chi connectivity index (χ1v) is 3.44. The van der Waals surface area contributed by atoms with Gasteiger partial charge in [-0.1, -0.05) is 19.9 Å². The van der Waals surface area contributed by atoms with Crippen molar-refractivity contribution in [3.63, 3.8) is 0 Å². The summed E-state index contributed by atoms with van der Waals surface area (Å²) in [5, 5.41) is 0. The van der Waals surface area contributed by atoms with Crippen LogP contribution < -0.4 is 0 Å². The van der Waals surface area contributed by atoms with Gasteiger partial charge in [0.1, 0.15) is 0 Å². The normalized spacial score (nSPS) is 7.30. The van der Waals surface area contributed by atoms with E-state index in [9.17, 15) is 0 Å². The highest BCUT2D eigenvalue weighted by Gasteiger charge is 1.72. The molecule has 0 saturated carbocycles. The van der Waals surface area contributed by atoms with Crippen LogP contribution in [0, 0.1) is 0 Å². The number of hydrogen-bond donors (Lipinski definition) is 0. The van der Waals surface area contributed by atoms with Crippen LogP contribution in [0.5, 0.6) is 0 Å². The second-order valence-electron chi connectivity index (χ2n) is 2.09. The van der Waals surface area contributed by atoms with Gasteiger partial charge in [-0.3, -0.25) is 0 Å². The molecule has 0 atom stereocenters. The lowest BCUT2D eigenvalue weighted by Crippen LogP contribution is -2.08. The molecule has 0 N–H and O–H groups in total. The first-order chi connectivity index (χ1) is 4.18. The molecule has 1 nitrogen and oxygen atoms in total. The maximum atomic E-state index is 3.48. The minimum atomic E-state index is 0. The van der Waals surface area contributed by atoms with E-state index in [4.69, 9.17) is 0 Å². The zero-order valence-corrected chi connectivity index (χ0v) is 8.37. The van der Waals surface area contributed by atoms with Crippen molar-refractivity contribution in [1.29, 1.82) is 0 Å². The molecule has 0 aliphatic rings. The lowest BCUT2D eigenvalue weighted by atomic mass is 10.5. The average molecular weight is 166 g/mol. The third-order valence-corrected chi connectivity index (χ3v) is 0.921. The Kier molecular flexibility index (Phi) is 26.4. The standard InChI is InChI=1S/C4H11N.C4H8.ClH/c1-4-5(2)3;1-3-4-2;/h4H2,1-3H3;3H,1,4H2,2H3;1H. The molecule has 0 rings (SSSR count). The Morgan fingerprint density at radius 3 is 1.50 bits per heavy atom. The van der Waals surface area contributed by atoms with E-state index < -0.39 is 0 Å². The molecular weight excluding hydrogens is 146 g/mol. The first kappa shape index (κ1) is 16.5. The van der Waals surface area contributed by atoms with Crippen LogP contribution in [0.2, 0.25) is 0 Å². The van der Waals surface area contributed by atoms with Crippen LogP contribution in [0.15, 0.2) is 12.7 Å². The first-order valence-electron chi connectivity index (χ1n) is 3.44. The van der Waals surface area contributed by atoms with Crippen LogP contribution in [-0.4, -0.2) is 25.5 Å². The van der Waals surface area contributed by atoms with Gasteiger partial charge in [-0.2, -0.15) is 0 Å². The van der Waals surface area contributed by atoms with Crippen molar-refractivity contribution in [2.24, 2.45) is 0 Å². The van der Waals surface area contributed by atoms with Crippen LogP contribution in [0.1, 0.15) is 20.3 Å². The Morgan fingerprint density at radius 1 is 1.30 bits per heavy atom. The summed E-state index contributed by atoms with van der Waals surface area (Å²) >= 11 is 0. The quantitative estimate of drug-likeness (QED) is 0.569. The smallest absolute Gasteiger partial charge is 0.00533 e. The van der Waals surface area contributed by atoms with Crippen molar-refractivity contribution >= 4 is 12.4 Å². The van der Waals surface area contributed by atoms with Crippen LogP contribution in [0.25, 0.3) is 0 Å². The Labute approximate surface area is 71.5 Å². The molecule has 64 valence electrons. The number of halogens is 1. The molecule has 0 aromatic carbocycles. The minimum absolute atomic E-state index is 0. The molecule has 0 heterocycles. The summed E-state index contributed by atoms with van der Waals surface area (Å²) in [5.74, 6) is 0. The monoisotopic (exact) mass is 165 g/mol. The summed E-state index contributed by atoms with van der Waals surface area (Å²) < 4.78 is 0.